The fourth-order valence-electron chi connectivity index (χ4n) is 6.39. The number of nitrogens with one attached hydrogen (secondary N) is 1. The Morgan fingerprint density at radius 2 is 2.11 bits per heavy atom. The molecule has 4 atom stereocenters. The number of carbonyl (C=O) groups is 1. The maximum absolute atomic E-state index is 15.1. The first-order valence-electron chi connectivity index (χ1n) is 12.7. The molecule has 6 rings (SSSR count). The van der Waals surface area contributed by atoms with E-state index < -0.39 is 5.60 Å². The fourth-order valence-corrected chi connectivity index (χ4v) is 6.39. The summed E-state index contributed by atoms with van der Waals surface area (Å²) in [7, 11) is 2.07. The molecule has 7 heteroatoms. The van der Waals surface area contributed by atoms with Crippen molar-refractivity contribution >= 4 is 17.6 Å². The maximum atomic E-state index is 15.1. The zero-order valence-corrected chi connectivity index (χ0v) is 20.8. The molecule has 5 heterocycles. The zero-order chi connectivity index (χ0) is 24.5. The largest absolute Gasteiger partial charge is 0.444 e. The lowest BCUT2D eigenvalue weighted by molar-refractivity contribution is -0.00189. The highest BCUT2D eigenvalue weighted by atomic mass is 19.1. The molecule has 1 aliphatic carbocycles. The Morgan fingerprint density at radius 1 is 1.29 bits per heavy atom. The molecule has 2 bridgehead atoms. The van der Waals surface area contributed by atoms with Crippen LogP contribution in [0.2, 0.25) is 0 Å². The van der Waals surface area contributed by atoms with E-state index in [2.05, 4.69) is 28.3 Å². The molecule has 1 fully saturated rings. The molecule has 0 radical (unpaired) electrons. The van der Waals surface area contributed by atoms with E-state index in [0.29, 0.717) is 11.3 Å². The maximum Gasteiger partial charge on any atom is 0.411 e. The second kappa shape index (κ2) is 7.97. The van der Waals surface area contributed by atoms with Gasteiger partial charge in [-0.1, -0.05) is 6.08 Å². The van der Waals surface area contributed by atoms with Gasteiger partial charge in [-0.2, -0.15) is 0 Å². The highest BCUT2D eigenvalue weighted by molar-refractivity contribution is 5.85. The Morgan fingerprint density at radius 3 is 2.89 bits per heavy atom. The van der Waals surface area contributed by atoms with Crippen molar-refractivity contribution in [1.82, 2.24) is 20.1 Å². The number of allylic oxidation sites excluding steroid dienone is 1. The lowest BCUT2D eigenvalue weighted by Gasteiger charge is -2.47. The van der Waals surface area contributed by atoms with Crippen LogP contribution in [0.4, 0.5) is 9.18 Å². The molecular formula is C28H33FN4O2. The standard InChI is InChI=1S/C28H33FN4O2/c1-28(2,3)35-27(34)33-18-7-5-8-19(33)12-16(11-18)22-14-23-24-17(15-32(23)4)13-21(29)20-9-6-10-30-25(20)26(24)31-22/h6,9-11,13,15,18-19,22-23,31H,5,7-8,12,14H2,1-4H3. The van der Waals surface area contributed by atoms with Crippen LogP contribution in [0.5, 0.6) is 0 Å². The first-order chi connectivity index (χ1) is 16.7. The van der Waals surface area contributed by atoms with Gasteiger partial charge in [0, 0.05) is 48.2 Å². The average molecular weight is 477 g/mol. The molecule has 0 saturated carbocycles. The number of likely N-dealkylation sites (N-methyl/N-ethyl adjacent to an activating group) is 1. The summed E-state index contributed by atoms with van der Waals surface area (Å²) in [6.07, 6.45) is 12.3. The van der Waals surface area contributed by atoms with E-state index in [1.165, 1.54) is 5.57 Å². The van der Waals surface area contributed by atoms with Gasteiger partial charge in [-0.3, -0.25) is 9.88 Å². The number of carbonyl (C=O) groups excluding carboxylic acids is 1. The van der Waals surface area contributed by atoms with E-state index in [9.17, 15) is 4.79 Å². The van der Waals surface area contributed by atoms with Gasteiger partial charge in [-0.05, 0) is 76.7 Å². The molecule has 6 nitrogen and oxygen atoms in total. The molecule has 1 N–H and O–H groups in total. The van der Waals surface area contributed by atoms with Gasteiger partial charge in [0.15, 0.2) is 0 Å². The van der Waals surface area contributed by atoms with Crippen molar-refractivity contribution < 1.29 is 13.9 Å². The summed E-state index contributed by atoms with van der Waals surface area (Å²) < 4.78 is 20.9. The van der Waals surface area contributed by atoms with Crippen LogP contribution in [0.25, 0.3) is 11.5 Å². The van der Waals surface area contributed by atoms with Gasteiger partial charge in [-0.25, -0.2) is 9.18 Å². The van der Waals surface area contributed by atoms with Gasteiger partial charge < -0.3 is 15.0 Å². The molecule has 1 aromatic heterocycles. The molecule has 4 aliphatic heterocycles. The zero-order valence-electron chi connectivity index (χ0n) is 20.8. The van der Waals surface area contributed by atoms with Gasteiger partial charge >= 0.3 is 6.09 Å². The van der Waals surface area contributed by atoms with Gasteiger partial charge in [0.05, 0.1) is 23.5 Å². The number of hydrogen-bond acceptors (Lipinski definition) is 5. The van der Waals surface area contributed by atoms with Crippen molar-refractivity contribution in [2.45, 2.75) is 82.6 Å². The van der Waals surface area contributed by atoms with E-state index in [-0.39, 0.29) is 36.1 Å². The smallest absolute Gasteiger partial charge is 0.411 e. The van der Waals surface area contributed by atoms with Crippen LogP contribution in [-0.4, -0.2) is 57.7 Å². The number of nitrogens with zero attached hydrogens (tertiary/aromatic N) is 3. The molecular weight excluding hydrogens is 443 g/mol. The van der Waals surface area contributed by atoms with Crippen LogP contribution in [0.15, 0.2) is 53.4 Å². The second-order valence-electron chi connectivity index (χ2n) is 11.4. The monoisotopic (exact) mass is 476 g/mol. The minimum atomic E-state index is -0.510. The Hall–Kier alpha value is -3.09. The third-order valence-electron chi connectivity index (χ3n) is 7.83. The summed E-state index contributed by atoms with van der Waals surface area (Å²) in [6.45, 7) is 5.75. The Bertz CT molecular complexity index is 1210. The van der Waals surface area contributed by atoms with Crippen molar-refractivity contribution in [3.8, 4) is 0 Å². The number of ether oxygens (including phenoxy) is 1. The fraction of sp³-hybridized carbons (Fsp3) is 0.500. The van der Waals surface area contributed by atoms with Crippen LogP contribution in [0, 0.1) is 0 Å². The molecule has 1 aromatic rings. The number of amides is 1. The Labute approximate surface area is 206 Å². The molecule has 1 saturated heterocycles. The highest BCUT2D eigenvalue weighted by Crippen LogP contribution is 2.45. The third kappa shape index (κ3) is 3.76. The number of aromatic nitrogens is 1. The Kier molecular flexibility index (Phi) is 5.09. The third-order valence-corrected chi connectivity index (χ3v) is 7.83. The molecule has 0 aromatic carbocycles. The number of pyridine rings is 1. The number of halogens is 1. The quantitative estimate of drug-likeness (QED) is 0.567. The van der Waals surface area contributed by atoms with Crippen molar-refractivity contribution in [3.05, 3.63) is 64.7 Å². The van der Waals surface area contributed by atoms with Crippen molar-refractivity contribution in [2.75, 3.05) is 7.05 Å². The minimum Gasteiger partial charge on any atom is -0.444 e. The molecule has 4 unspecified atom stereocenters. The van der Waals surface area contributed by atoms with Crippen LogP contribution in [0.3, 0.4) is 0 Å². The number of piperidine rings is 1. The normalized spacial score (nSPS) is 29.3. The van der Waals surface area contributed by atoms with E-state index in [1.54, 1.807) is 24.4 Å². The molecule has 0 spiro atoms. The lowest BCUT2D eigenvalue weighted by atomic mass is 9.79. The number of fused-ring (bicyclic) bond motifs is 4. The summed E-state index contributed by atoms with van der Waals surface area (Å²) in [5, 5.41) is 3.78. The first kappa shape index (κ1) is 22.4. The topological polar surface area (TPSA) is 57.7 Å². The summed E-state index contributed by atoms with van der Waals surface area (Å²) in [5.41, 5.74) is 5.01. The predicted molar refractivity (Wildman–Crippen MR) is 134 cm³/mol. The van der Waals surface area contributed by atoms with Gasteiger partial charge in [0.1, 0.15) is 11.4 Å². The summed E-state index contributed by atoms with van der Waals surface area (Å²) in [5.74, 6) is -0.249. The summed E-state index contributed by atoms with van der Waals surface area (Å²) in [4.78, 5) is 21.8. The highest BCUT2D eigenvalue weighted by Gasteiger charge is 2.44. The second-order valence-corrected chi connectivity index (χ2v) is 11.4. The number of hydrogen-bond donors (Lipinski definition) is 1. The molecule has 35 heavy (non-hydrogen) atoms. The van der Waals surface area contributed by atoms with E-state index >= 15 is 4.39 Å². The van der Waals surface area contributed by atoms with Crippen LogP contribution in [-0.2, 0) is 4.74 Å². The van der Waals surface area contributed by atoms with Gasteiger partial charge in [0.2, 0.25) is 0 Å². The minimum absolute atomic E-state index is 0.0539. The molecule has 5 aliphatic rings. The predicted octanol–water partition coefficient (Wildman–Crippen LogP) is 5.16. The van der Waals surface area contributed by atoms with Crippen LogP contribution in [0.1, 0.15) is 64.1 Å². The van der Waals surface area contributed by atoms with Gasteiger partial charge in [0.25, 0.3) is 0 Å². The van der Waals surface area contributed by atoms with E-state index in [0.717, 1.165) is 48.9 Å². The lowest BCUT2D eigenvalue weighted by Crippen LogP contribution is -2.55. The molecule has 1 amide bonds. The summed E-state index contributed by atoms with van der Waals surface area (Å²) in [6, 6.07) is 4.05. The molecule has 184 valence electrons. The van der Waals surface area contributed by atoms with E-state index in [4.69, 9.17) is 4.74 Å². The van der Waals surface area contributed by atoms with Crippen LogP contribution < -0.4 is 5.32 Å². The van der Waals surface area contributed by atoms with Crippen LogP contribution >= 0.6 is 0 Å². The van der Waals surface area contributed by atoms with E-state index in [1.807, 2.05) is 31.9 Å². The van der Waals surface area contributed by atoms with Crippen molar-refractivity contribution in [3.63, 3.8) is 0 Å². The first-order valence-corrected chi connectivity index (χ1v) is 12.7. The Balaban J connectivity index is 1.35. The average Bonchev–Trinajstić information content (AvgIpc) is 3.05. The van der Waals surface area contributed by atoms with Gasteiger partial charge in [-0.15, -0.1) is 0 Å². The SMILES string of the molecule is CN1C=C2C=C(F)c3cccnc3C3=C2C1CC(C1=CC2CCCC(C1)N2C(=O)OC(C)(C)C)N3. The number of rotatable bonds is 1. The van der Waals surface area contributed by atoms with Crippen molar-refractivity contribution in [2.24, 2.45) is 0 Å². The summed E-state index contributed by atoms with van der Waals surface area (Å²) >= 11 is 0. The van der Waals surface area contributed by atoms with Crippen molar-refractivity contribution in [1.29, 1.82) is 0 Å².